The second-order valence-corrected chi connectivity index (χ2v) is 20.6. The highest BCUT2D eigenvalue weighted by Gasteiger charge is 2.34. The minimum atomic E-state index is -0.526. The predicted molar refractivity (Wildman–Crippen MR) is 340 cm³/mol. The van der Waals surface area contributed by atoms with Crippen LogP contribution >= 0.6 is 0 Å². The van der Waals surface area contributed by atoms with Crippen LogP contribution in [0.15, 0.2) is 199 Å². The molecule has 440 valence electrons. The molecule has 20 nitrogen and oxygen atoms in total. The molecule has 13 rings (SSSR count). The van der Waals surface area contributed by atoms with E-state index in [9.17, 15) is 27.6 Å². The van der Waals surface area contributed by atoms with Gasteiger partial charge in [0.1, 0.15) is 28.8 Å². The maximum absolute atomic E-state index is 14.0. The van der Waals surface area contributed by atoms with E-state index in [1.54, 1.807) is 75.8 Å². The largest absolute Gasteiger partial charge is 0.385 e. The Morgan fingerprint density at radius 3 is 1.69 bits per heavy atom. The van der Waals surface area contributed by atoms with Crippen LogP contribution in [-0.4, -0.2) is 59.4 Å². The smallest absolute Gasteiger partial charge is 0.323 e. The Morgan fingerprint density at radius 1 is 0.534 bits per heavy atom. The van der Waals surface area contributed by atoms with E-state index in [1.165, 1.54) is 18.2 Å². The van der Waals surface area contributed by atoms with Crippen molar-refractivity contribution in [2.24, 2.45) is 16.8 Å². The van der Waals surface area contributed by atoms with Gasteiger partial charge in [-0.25, -0.2) is 32.1 Å². The molecule has 0 saturated heterocycles. The molecule has 6 amide bonds. The first-order valence-electron chi connectivity index (χ1n) is 27.4. The number of urea groups is 3. The molecule has 1 aliphatic heterocycles. The average molecular weight is 1180 g/mol. The first-order chi connectivity index (χ1) is 42.5. The Morgan fingerprint density at radius 2 is 1.09 bits per heavy atom. The number of rotatable bonds is 9. The van der Waals surface area contributed by atoms with Gasteiger partial charge in [-0.3, -0.25) is 4.40 Å². The second kappa shape index (κ2) is 25.1. The van der Waals surface area contributed by atoms with E-state index in [1.807, 2.05) is 124 Å². The van der Waals surface area contributed by atoms with Gasteiger partial charge in [-0.1, -0.05) is 108 Å². The van der Waals surface area contributed by atoms with Crippen LogP contribution in [0.5, 0.6) is 0 Å². The van der Waals surface area contributed by atoms with E-state index < -0.39 is 35.5 Å². The average Bonchev–Trinajstić information content (AvgIpc) is 2.12. The SMILES string of the molecule is Cc1ccc(F)c(NC(=O)Nc2ccc(-c3cccc4nnc(N)n34)cc2)c1.Cc1ccc(F)c(NC(=O)Nc2ccc(-c3cccn4nnc(N)c34)cc2)c1.Cc1ccc(F)c(NC(=O)Nc2ccc(C3=CC=CC4NN=C(N)C34)c3ccccc23)c1. The molecule has 2 unspecified atom stereocenters. The highest BCUT2D eigenvalue weighted by atomic mass is 19.1. The second-order valence-electron chi connectivity index (χ2n) is 20.6. The van der Waals surface area contributed by atoms with Gasteiger partial charge in [0.15, 0.2) is 11.5 Å². The highest BCUT2D eigenvalue weighted by molar-refractivity contribution is 6.11. The van der Waals surface area contributed by atoms with Crippen LogP contribution in [0.1, 0.15) is 22.3 Å². The fraction of sp³-hybridized carbons (Fsp3) is 0.0769. The maximum atomic E-state index is 14.0. The summed E-state index contributed by atoms with van der Waals surface area (Å²) >= 11 is 0. The minimum absolute atomic E-state index is 0.0292. The summed E-state index contributed by atoms with van der Waals surface area (Å²) in [6, 6.07) is 47.5. The Kier molecular flexibility index (Phi) is 16.5. The molecule has 2 atom stereocenters. The van der Waals surface area contributed by atoms with Crippen molar-refractivity contribution in [2.45, 2.75) is 26.8 Å². The van der Waals surface area contributed by atoms with E-state index in [0.29, 0.717) is 40.3 Å². The number of carbonyl (C=O) groups excluding carboxylic acids is 3. The van der Waals surface area contributed by atoms with E-state index in [4.69, 9.17) is 17.2 Å². The Balaban J connectivity index is 0.000000137. The summed E-state index contributed by atoms with van der Waals surface area (Å²) in [6.45, 7) is 5.49. The van der Waals surface area contributed by atoms with E-state index in [2.05, 4.69) is 69.0 Å². The Bertz CT molecular complexity index is 4400. The maximum Gasteiger partial charge on any atom is 0.323 e. The van der Waals surface area contributed by atoms with Crippen LogP contribution in [0, 0.1) is 44.1 Å². The van der Waals surface area contributed by atoms with Crippen LogP contribution < -0.4 is 54.5 Å². The molecule has 13 N–H and O–H groups in total. The molecule has 0 spiro atoms. The van der Waals surface area contributed by atoms with Crippen molar-refractivity contribution in [2.75, 3.05) is 43.4 Å². The van der Waals surface area contributed by atoms with Crippen LogP contribution in [0.25, 0.3) is 49.9 Å². The van der Waals surface area contributed by atoms with Crippen LogP contribution in [-0.2, 0) is 0 Å². The molecule has 4 aromatic heterocycles. The van der Waals surface area contributed by atoms with Crippen molar-refractivity contribution in [3.8, 4) is 22.4 Å². The summed E-state index contributed by atoms with van der Waals surface area (Å²) in [7, 11) is 0. The fourth-order valence-corrected chi connectivity index (χ4v) is 10.2. The lowest BCUT2D eigenvalue weighted by Crippen LogP contribution is -2.33. The van der Waals surface area contributed by atoms with Crippen LogP contribution in [0.3, 0.4) is 0 Å². The molecule has 0 fully saturated rings. The Labute approximate surface area is 501 Å². The summed E-state index contributed by atoms with van der Waals surface area (Å²) < 4.78 is 45.0. The van der Waals surface area contributed by atoms with Gasteiger partial charge in [-0.05, 0) is 150 Å². The zero-order valence-electron chi connectivity index (χ0n) is 47.4. The van der Waals surface area contributed by atoms with Crippen molar-refractivity contribution < 1.29 is 27.6 Å². The zero-order chi connectivity index (χ0) is 61.6. The van der Waals surface area contributed by atoms with Gasteiger partial charge in [0.25, 0.3) is 0 Å². The van der Waals surface area contributed by atoms with Gasteiger partial charge < -0.3 is 54.5 Å². The van der Waals surface area contributed by atoms with E-state index >= 15 is 0 Å². The van der Waals surface area contributed by atoms with Gasteiger partial charge in [0, 0.05) is 28.5 Å². The summed E-state index contributed by atoms with van der Waals surface area (Å²) in [6.07, 6.45) is 7.87. The molecule has 0 radical (unpaired) electrons. The van der Waals surface area contributed by atoms with Gasteiger partial charge >= 0.3 is 18.1 Å². The molecular formula is C65H56F3N17O3. The number of nitrogens with one attached hydrogen (secondary N) is 7. The first-order valence-corrected chi connectivity index (χ1v) is 27.4. The third kappa shape index (κ3) is 12.7. The quantitative estimate of drug-likeness (QED) is 0.0648. The van der Waals surface area contributed by atoms with Crippen molar-refractivity contribution in [1.82, 2.24) is 34.9 Å². The number of hydrogen-bond donors (Lipinski definition) is 10. The number of allylic oxidation sites excluding steroid dienone is 2. The highest BCUT2D eigenvalue weighted by Crippen LogP contribution is 2.39. The standard InChI is InChI=1S/C25H22FN5O.2C20H17FN6O/c1-14-9-11-19(26)22(13-14)29-25(32)28-20-12-10-16(15-5-2-3-6-17(15)20)18-7-4-8-21-23(18)24(27)31-30-21;1-12-4-9-16(21)17(11-12)24-20(28)23-14-7-5-13(6-8-14)15-3-2-10-27-18(15)19(22)25-26-27;1-12-5-10-15(21)16(11-12)24-20(28)23-14-8-6-13(7-9-14)17-3-2-4-18-25-26-19(22)27(17)18/h2-13,21,23,30H,1H3,(H2,27,31)(H2,28,29,32);2-11H,22H2,1H3,(H2,23,24,28);2-11H,1H3,(H2,22,26)(H2,23,24,28). The minimum Gasteiger partial charge on any atom is -0.385 e. The van der Waals surface area contributed by atoms with Crippen molar-refractivity contribution in [3.05, 3.63) is 234 Å². The first kappa shape index (κ1) is 57.8. The van der Waals surface area contributed by atoms with Gasteiger partial charge in [0.05, 0.1) is 40.4 Å². The number of hydrazone groups is 1. The zero-order valence-corrected chi connectivity index (χ0v) is 47.4. The number of anilines is 8. The molecule has 88 heavy (non-hydrogen) atoms. The lowest BCUT2D eigenvalue weighted by molar-refractivity contribution is 0.261. The number of carbonyl (C=O) groups is 3. The predicted octanol–water partition coefficient (Wildman–Crippen LogP) is 12.9. The van der Waals surface area contributed by atoms with Gasteiger partial charge in [-0.2, -0.15) is 5.10 Å². The molecular weight excluding hydrogens is 1120 g/mol. The Hall–Kier alpha value is -12.0. The molecule has 11 aromatic rings. The summed E-state index contributed by atoms with van der Waals surface area (Å²) in [5.41, 5.74) is 32.7. The monoisotopic (exact) mass is 1180 g/mol. The molecule has 0 saturated carbocycles. The lowest BCUT2D eigenvalue weighted by atomic mass is 9.81. The number of nitrogens with two attached hydrogens (primary N) is 3. The third-order valence-electron chi connectivity index (χ3n) is 14.4. The third-order valence-corrected chi connectivity index (χ3v) is 14.4. The lowest BCUT2D eigenvalue weighted by Gasteiger charge is -2.24. The molecule has 2 aliphatic rings. The van der Waals surface area contributed by atoms with Gasteiger partial charge in [0.2, 0.25) is 5.95 Å². The number of halogens is 3. The normalized spacial score (nSPS) is 13.8. The number of aromatic nitrogens is 6. The summed E-state index contributed by atoms with van der Waals surface area (Å²) in [5, 5.41) is 37.6. The van der Waals surface area contributed by atoms with Crippen LogP contribution in [0.2, 0.25) is 0 Å². The summed E-state index contributed by atoms with van der Waals surface area (Å²) in [4.78, 5) is 36.9. The number of benzene rings is 7. The fourth-order valence-electron chi connectivity index (χ4n) is 10.2. The van der Waals surface area contributed by atoms with Crippen molar-refractivity contribution in [1.29, 1.82) is 0 Å². The van der Waals surface area contributed by atoms with Crippen molar-refractivity contribution >= 4 is 97.3 Å². The van der Waals surface area contributed by atoms with Crippen LogP contribution in [0.4, 0.5) is 73.4 Å². The van der Waals surface area contributed by atoms with Crippen molar-refractivity contribution in [3.63, 3.8) is 0 Å². The number of nitrogens with zero attached hydrogens (tertiary/aromatic N) is 7. The molecule has 23 heteroatoms. The number of aryl methyl sites for hydroxylation is 3. The number of pyridine rings is 2. The topological polar surface area (TPSA) is 286 Å². The summed E-state index contributed by atoms with van der Waals surface area (Å²) in [5.74, 6) is -0.315. The van der Waals surface area contributed by atoms with Gasteiger partial charge in [-0.15, -0.1) is 15.3 Å². The molecule has 0 bridgehead atoms. The number of nitrogen functional groups attached to an aromatic ring is 2. The number of hydrogen-bond acceptors (Lipinski definition) is 12. The molecule has 7 aromatic carbocycles. The number of amides is 6. The molecule has 5 heterocycles. The number of amidine groups is 1. The van der Waals surface area contributed by atoms with E-state index in [0.717, 1.165) is 66.5 Å². The number of fused-ring (bicyclic) bond motifs is 4. The molecule has 1 aliphatic carbocycles. The van der Waals surface area contributed by atoms with E-state index in [-0.39, 0.29) is 29.0 Å².